The Morgan fingerprint density at radius 1 is 1.24 bits per heavy atom. The maximum atomic E-state index is 12.1. The average Bonchev–Trinajstić information content (AvgIpc) is 2.44. The molecule has 0 saturated heterocycles. The highest BCUT2D eigenvalue weighted by Crippen LogP contribution is 2.25. The summed E-state index contributed by atoms with van der Waals surface area (Å²) >= 11 is 11.8. The van der Waals surface area contributed by atoms with Crippen LogP contribution in [0.25, 0.3) is 0 Å². The molecule has 1 atom stereocenters. The van der Waals surface area contributed by atoms with Crippen LogP contribution in [0.15, 0.2) is 35.1 Å². The second-order valence-corrected chi connectivity index (χ2v) is 5.36. The Morgan fingerprint density at radius 3 is 2.57 bits per heavy atom. The number of rotatable bonds is 3. The van der Waals surface area contributed by atoms with Gasteiger partial charge in [0.15, 0.2) is 0 Å². The van der Waals surface area contributed by atoms with Crippen LogP contribution in [0.1, 0.15) is 29.0 Å². The summed E-state index contributed by atoms with van der Waals surface area (Å²) in [5, 5.41) is 7.57. The molecular weight excluding hydrogens is 313 g/mol. The quantitative estimate of drug-likeness (QED) is 0.943. The zero-order valence-corrected chi connectivity index (χ0v) is 12.9. The van der Waals surface area contributed by atoms with Gasteiger partial charge in [0.25, 0.3) is 11.5 Å². The predicted octanol–water partition coefficient (Wildman–Crippen LogP) is 2.58. The molecule has 7 heteroatoms. The van der Waals surface area contributed by atoms with Crippen LogP contribution in [-0.4, -0.2) is 15.7 Å². The molecule has 2 aromatic rings. The number of nitrogens with zero attached hydrogens (tertiary/aromatic N) is 2. The lowest BCUT2D eigenvalue weighted by Gasteiger charge is -2.14. The van der Waals surface area contributed by atoms with Crippen molar-refractivity contribution in [2.24, 2.45) is 7.05 Å². The molecule has 1 heterocycles. The first kappa shape index (κ1) is 15.5. The van der Waals surface area contributed by atoms with E-state index in [4.69, 9.17) is 23.2 Å². The molecule has 1 N–H and O–H groups in total. The summed E-state index contributed by atoms with van der Waals surface area (Å²) < 4.78 is 1.11. The van der Waals surface area contributed by atoms with Gasteiger partial charge >= 0.3 is 0 Å². The Hall–Kier alpha value is -1.85. The van der Waals surface area contributed by atoms with Gasteiger partial charge in [0.2, 0.25) is 0 Å². The van der Waals surface area contributed by atoms with Crippen LogP contribution in [0.4, 0.5) is 0 Å². The maximum Gasteiger partial charge on any atom is 0.272 e. The summed E-state index contributed by atoms with van der Waals surface area (Å²) in [5.74, 6) is -0.371. The van der Waals surface area contributed by atoms with Gasteiger partial charge in [-0.1, -0.05) is 29.3 Å². The lowest BCUT2D eigenvalue weighted by molar-refractivity contribution is 0.0932. The zero-order valence-electron chi connectivity index (χ0n) is 11.4. The number of benzene rings is 1. The lowest BCUT2D eigenvalue weighted by Crippen LogP contribution is -2.30. The fourth-order valence-corrected chi connectivity index (χ4v) is 2.07. The van der Waals surface area contributed by atoms with Crippen molar-refractivity contribution in [3.05, 3.63) is 62.0 Å². The number of hydrogen-bond acceptors (Lipinski definition) is 3. The van der Waals surface area contributed by atoms with E-state index in [1.54, 1.807) is 18.2 Å². The summed E-state index contributed by atoms with van der Waals surface area (Å²) in [6, 6.07) is 7.57. The highest BCUT2D eigenvalue weighted by atomic mass is 35.5. The zero-order chi connectivity index (χ0) is 15.6. The fraction of sp³-hybridized carbons (Fsp3) is 0.214. The summed E-state index contributed by atoms with van der Waals surface area (Å²) in [4.78, 5) is 23.3. The molecule has 0 saturated carbocycles. The number of carbonyl (C=O) groups excluding carboxylic acids is 1. The second kappa shape index (κ2) is 6.28. The Kier molecular flexibility index (Phi) is 4.65. The molecule has 0 spiro atoms. The third kappa shape index (κ3) is 3.62. The van der Waals surface area contributed by atoms with Crippen LogP contribution in [0.2, 0.25) is 10.0 Å². The molecule has 1 aromatic carbocycles. The molecule has 1 amide bonds. The number of carbonyl (C=O) groups is 1. The summed E-state index contributed by atoms with van der Waals surface area (Å²) in [6.45, 7) is 1.82. The van der Waals surface area contributed by atoms with Gasteiger partial charge in [-0.05, 0) is 30.7 Å². The molecule has 21 heavy (non-hydrogen) atoms. The predicted molar refractivity (Wildman–Crippen MR) is 81.8 cm³/mol. The van der Waals surface area contributed by atoms with Crippen molar-refractivity contribution in [3.8, 4) is 0 Å². The van der Waals surface area contributed by atoms with E-state index in [0.29, 0.717) is 10.0 Å². The van der Waals surface area contributed by atoms with Crippen LogP contribution < -0.4 is 10.9 Å². The summed E-state index contributed by atoms with van der Waals surface area (Å²) in [5.41, 5.74) is 0.718. The third-order valence-corrected chi connectivity index (χ3v) is 3.72. The van der Waals surface area contributed by atoms with Gasteiger partial charge in [0.05, 0.1) is 16.1 Å². The highest BCUT2D eigenvalue weighted by molar-refractivity contribution is 6.42. The smallest absolute Gasteiger partial charge is 0.272 e. The van der Waals surface area contributed by atoms with Gasteiger partial charge in [-0.2, -0.15) is 5.10 Å². The van der Waals surface area contributed by atoms with E-state index < -0.39 is 0 Å². The minimum Gasteiger partial charge on any atom is -0.344 e. The lowest BCUT2D eigenvalue weighted by atomic mass is 10.1. The molecule has 1 unspecified atom stereocenters. The average molecular weight is 326 g/mol. The number of nitrogens with one attached hydrogen (secondary N) is 1. The Labute approximate surface area is 131 Å². The van der Waals surface area contributed by atoms with E-state index in [2.05, 4.69) is 10.4 Å². The first-order valence-electron chi connectivity index (χ1n) is 6.18. The maximum absolute atomic E-state index is 12.1. The molecule has 5 nitrogen and oxygen atoms in total. The van der Waals surface area contributed by atoms with Crippen molar-refractivity contribution in [2.75, 3.05) is 0 Å². The topological polar surface area (TPSA) is 64.0 Å². The van der Waals surface area contributed by atoms with Crippen molar-refractivity contribution >= 4 is 29.1 Å². The van der Waals surface area contributed by atoms with Crippen LogP contribution in [-0.2, 0) is 7.05 Å². The number of hydrogen-bond donors (Lipinski definition) is 1. The van der Waals surface area contributed by atoms with E-state index in [-0.39, 0.29) is 23.2 Å². The summed E-state index contributed by atoms with van der Waals surface area (Å²) in [6.07, 6.45) is 0. The van der Waals surface area contributed by atoms with Crippen molar-refractivity contribution in [2.45, 2.75) is 13.0 Å². The molecular formula is C14H13Cl2N3O2. The van der Waals surface area contributed by atoms with E-state index in [9.17, 15) is 9.59 Å². The van der Waals surface area contributed by atoms with Crippen LogP contribution in [0.5, 0.6) is 0 Å². The molecule has 1 aromatic heterocycles. The molecule has 0 aliphatic heterocycles. The van der Waals surface area contributed by atoms with Gasteiger partial charge in [0, 0.05) is 13.1 Å². The monoisotopic (exact) mass is 325 g/mol. The number of amides is 1. The number of aromatic nitrogens is 2. The Morgan fingerprint density at radius 2 is 1.95 bits per heavy atom. The molecule has 0 radical (unpaired) electrons. The Balaban J connectivity index is 2.16. The first-order chi connectivity index (χ1) is 9.88. The van der Waals surface area contributed by atoms with E-state index >= 15 is 0 Å². The SMILES string of the molecule is CC(NC(=O)c1ccc(=O)n(C)n1)c1ccc(Cl)c(Cl)c1. The molecule has 0 bridgehead atoms. The molecule has 0 aliphatic carbocycles. The van der Waals surface area contributed by atoms with Crippen LogP contribution >= 0.6 is 23.2 Å². The molecule has 0 fully saturated rings. The standard InChI is InChI=1S/C14H13Cl2N3O2/c1-8(9-3-4-10(15)11(16)7-9)17-14(21)12-5-6-13(20)19(2)18-12/h3-8H,1-2H3,(H,17,21). The minimum atomic E-state index is -0.371. The van der Waals surface area contributed by atoms with Crippen LogP contribution in [0.3, 0.4) is 0 Å². The largest absolute Gasteiger partial charge is 0.344 e. The molecule has 2 rings (SSSR count). The van der Waals surface area contributed by atoms with Crippen molar-refractivity contribution in [1.29, 1.82) is 0 Å². The fourth-order valence-electron chi connectivity index (χ4n) is 1.76. The minimum absolute atomic E-state index is 0.170. The summed E-state index contributed by atoms with van der Waals surface area (Å²) in [7, 11) is 1.49. The highest BCUT2D eigenvalue weighted by Gasteiger charge is 2.14. The van der Waals surface area contributed by atoms with Gasteiger partial charge in [-0.15, -0.1) is 0 Å². The van der Waals surface area contributed by atoms with E-state index in [1.165, 1.54) is 19.2 Å². The van der Waals surface area contributed by atoms with Gasteiger partial charge in [0.1, 0.15) is 5.69 Å². The van der Waals surface area contributed by atoms with Crippen LogP contribution in [0, 0.1) is 0 Å². The van der Waals surface area contributed by atoms with E-state index in [1.807, 2.05) is 6.92 Å². The normalized spacial score (nSPS) is 12.0. The molecule has 110 valence electrons. The second-order valence-electron chi connectivity index (χ2n) is 4.55. The first-order valence-corrected chi connectivity index (χ1v) is 6.94. The van der Waals surface area contributed by atoms with Crippen molar-refractivity contribution in [1.82, 2.24) is 15.1 Å². The van der Waals surface area contributed by atoms with Crippen molar-refractivity contribution < 1.29 is 4.79 Å². The third-order valence-electron chi connectivity index (χ3n) is 2.98. The number of halogens is 2. The Bertz CT molecular complexity index is 743. The van der Waals surface area contributed by atoms with Gasteiger partial charge < -0.3 is 5.32 Å². The van der Waals surface area contributed by atoms with Gasteiger partial charge in [-0.3, -0.25) is 9.59 Å². The van der Waals surface area contributed by atoms with Crippen molar-refractivity contribution in [3.63, 3.8) is 0 Å². The molecule has 0 aliphatic rings. The van der Waals surface area contributed by atoms with E-state index in [0.717, 1.165) is 10.2 Å². The number of aryl methyl sites for hydroxylation is 1. The van der Waals surface area contributed by atoms with Gasteiger partial charge in [-0.25, -0.2) is 4.68 Å².